The van der Waals surface area contributed by atoms with Crippen molar-refractivity contribution in [3.8, 4) is 0 Å². The number of halogens is 1. The quantitative estimate of drug-likeness (QED) is 0.137. The van der Waals surface area contributed by atoms with Gasteiger partial charge in [0.05, 0.1) is 29.9 Å². The first-order valence-electron chi connectivity index (χ1n) is 18.2. The van der Waals surface area contributed by atoms with Crippen LogP contribution in [0.15, 0.2) is 109 Å². The zero-order chi connectivity index (χ0) is 38.6. The van der Waals surface area contributed by atoms with Gasteiger partial charge in [-0.15, -0.1) is 6.58 Å². The molecule has 0 radical (unpaired) electrons. The van der Waals surface area contributed by atoms with Gasteiger partial charge in [0.2, 0.25) is 11.8 Å². The van der Waals surface area contributed by atoms with Crippen molar-refractivity contribution < 1.29 is 23.6 Å². The summed E-state index contributed by atoms with van der Waals surface area (Å²) in [7, 11) is 0. The highest BCUT2D eigenvalue weighted by atomic mass is 32.1. The minimum atomic E-state index is -0.862. The molecule has 2 aliphatic heterocycles. The average Bonchev–Trinajstić information content (AvgIpc) is 3.73. The van der Waals surface area contributed by atoms with Gasteiger partial charge in [-0.3, -0.25) is 19.4 Å². The third-order valence-corrected chi connectivity index (χ3v) is 10.9. The zero-order valence-electron chi connectivity index (χ0n) is 30.4. The lowest BCUT2D eigenvalue weighted by Gasteiger charge is -2.46. The lowest BCUT2D eigenvalue weighted by Crippen LogP contribution is -2.66. The second-order valence-corrected chi connectivity index (χ2v) is 15.0. The summed E-state index contributed by atoms with van der Waals surface area (Å²) in [6, 6.07) is 17.8. The number of anilines is 1. The number of nitrogens with two attached hydrogens (primary N) is 1. The number of carbonyl (C=O) groups is 4. The smallest absolute Gasteiger partial charge is 0.332 e. The fourth-order valence-electron chi connectivity index (χ4n) is 7.30. The first kappa shape index (κ1) is 37.4. The monoisotopic (exact) mass is 759 g/mol. The van der Waals surface area contributed by atoms with Gasteiger partial charge >= 0.3 is 6.03 Å². The maximum atomic E-state index is 14.5. The predicted molar refractivity (Wildman–Crippen MR) is 211 cm³/mol. The number of nitrogens with zero attached hydrogens (tertiary/aromatic N) is 5. The Labute approximate surface area is 322 Å². The van der Waals surface area contributed by atoms with Gasteiger partial charge in [-0.05, 0) is 58.9 Å². The average molecular weight is 760 g/mol. The minimum Gasteiger partial charge on any atom is -0.375 e. The summed E-state index contributed by atoms with van der Waals surface area (Å²) in [6.45, 7) is 6.41. The molecule has 282 valence electrons. The molecule has 1 aliphatic carbocycles. The number of para-hydroxylation sites is 1. The molecule has 7 rings (SSSR count). The van der Waals surface area contributed by atoms with Crippen LogP contribution in [0.3, 0.4) is 0 Å². The zero-order valence-corrected chi connectivity index (χ0v) is 31.3. The lowest BCUT2D eigenvalue weighted by molar-refractivity contribution is -0.157. The van der Waals surface area contributed by atoms with Gasteiger partial charge in [0.1, 0.15) is 18.0 Å². The van der Waals surface area contributed by atoms with Crippen LogP contribution < -0.4 is 11.1 Å². The van der Waals surface area contributed by atoms with Crippen LogP contribution in [0, 0.1) is 11.7 Å². The Morgan fingerprint density at radius 1 is 1.09 bits per heavy atom. The number of carbonyl (C=O) groups excluding carboxylic acids is 4. The minimum absolute atomic E-state index is 0.0615. The highest BCUT2D eigenvalue weighted by Gasteiger charge is 2.52. The summed E-state index contributed by atoms with van der Waals surface area (Å²) in [6.07, 6.45) is 11.3. The van der Waals surface area contributed by atoms with Crippen molar-refractivity contribution in [3.63, 3.8) is 0 Å². The molecular formula is C42H42FN7O4S. The number of nitrogens with one attached hydrogen (secondary N) is 1. The Hall–Kier alpha value is -5.92. The van der Waals surface area contributed by atoms with Gasteiger partial charge in [0, 0.05) is 25.1 Å². The maximum absolute atomic E-state index is 14.5. The number of nitrogen functional groups attached to an aromatic ring is 1. The summed E-state index contributed by atoms with van der Waals surface area (Å²) < 4.78 is 14.4. The van der Waals surface area contributed by atoms with Crippen molar-refractivity contribution in [1.82, 2.24) is 30.1 Å². The Kier molecular flexibility index (Phi) is 11.0. The number of benzene rings is 3. The summed E-state index contributed by atoms with van der Waals surface area (Å²) >= 11 is 1.37. The van der Waals surface area contributed by atoms with E-state index in [-0.39, 0.29) is 62.6 Å². The Morgan fingerprint density at radius 3 is 2.60 bits per heavy atom. The van der Waals surface area contributed by atoms with Crippen LogP contribution in [0.25, 0.3) is 16.3 Å². The molecule has 2 saturated heterocycles. The molecule has 3 aliphatic rings. The normalized spacial score (nSPS) is 19.9. The Morgan fingerprint density at radius 2 is 1.85 bits per heavy atom. The number of piperazine rings is 1. The fourth-order valence-corrected chi connectivity index (χ4v) is 8.09. The summed E-state index contributed by atoms with van der Waals surface area (Å²) in [5.74, 6) is -0.622. The Bertz CT molecular complexity index is 2210. The number of hydrogen-bond acceptors (Lipinski definition) is 8. The molecule has 0 saturated carbocycles. The van der Waals surface area contributed by atoms with E-state index in [1.807, 2.05) is 60.7 Å². The van der Waals surface area contributed by atoms with E-state index in [1.54, 1.807) is 45.2 Å². The molecule has 3 heterocycles. The van der Waals surface area contributed by atoms with E-state index in [1.165, 1.54) is 28.5 Å². The second-order valence-electron chi connectivity index (χ2n) is 14.0. The van der Waals surface area contributed by atoms with Gasteiger partial charge in [-0.1, -0.05) is 97.2 Å². The number of rotatable bonds is 12. The number of fused-ring (bicyclic) bond motifs is 2. The second kappa shape index (κ2) is 16.2. The standard InChI is InChI=1S/C42H42FN7O4S/c1-3-20-48(42(54)45-23-30-14-17-33(43)18-15-30)49-26-38(52)50-34(22-29-12-10-28(11-13-29)16-19-35(51)31-7-4-6-27(2)21-31)40(53)47(25-37(49)50)24-32-8-5-9-36-39(32)46-41(44)55-36/h3-5,7-19,21,27,34,37H,1,6,20,22-26H2,2H3,(H2,44,46)(H,45,54)/b19-16-/t27?,34-,37+/m0/s1. The fraction of sp³-hybridized carbons (Fsp3) is 0.262. The number of urea groups is 1. The first-order valence-corrected chi connectivity index (χ1v) is 19.0. The summed E-state index contributed by atoms with van der Waals surface area (Å²) in [4.78, 5) is 62.8. The summed E-state index contributed by atoms with van der Waals surface area (Å²) in [5, 5.41) is 6.44. The van der Waals surface area contributed by atoms with E-state index in [2.05, 4.69) is 23.8 Å². The van der Waals surface area contributed by atoms with Gasteiger partial charge in [0.25, 0.3) is 0 Å². The van der Waals surface area contributed by atoms with Crippen LogP contribution in [0.1, 0.15) is 35.6 Å². The number of amides is 4. The van der Waals surface area contributed by atoms with Crippen LogP contribution in [-0.4, -0.2) is 80.3 Å². The summed E-state index contributed by atoms with van der Waals surface area (Å²) in [5.41, 5.74) is 10.6. The topological polar surface area (TPSA) is 132 Å². The molecule has 4 aromatic rings. The molecule has 3 atom stereocenters. The van der Waals surface area contributed by atoms with Crippen molar-refractivity contribution in [1.29, 1.82) is 0 Å². The van der Waals surface area contributed by atoms with E-state index in [9.17, 15) is 23.6 Å². The van der Waals surface area contributed by atoms with E-state index in [0.717, 1.165) is 33.3 Å². The Balaban J connectivity index is 1.15. The molecule has 0 bridgehead atoms. The third-order valence-electron chi connectivity index (χ3n) is 10.0. The van der Waals surface area contributed by atoms with Gasteiger partial charge < -0.3 is 20.9 Å². The lowest BCUT2D eigenvalue weighted by atomic mass is 9.95. The van der Waals surface area contributed by atoms with Gasteiger partial charge in [0.15, 0.2) is 10.9 Å². The van der Waals surface area contributed by atoms with Gasteiger partial charge in [-0.25, -0.2) is 14.2 Å². The molecule has 0 spiro atoms. The van der Waals surface area contributed by atoms with E-state index >= 15 is 0 Å². The van der Waals surface area contributed by atoms with Crippen LogP contribution >= 0.6 is 11.3 Å². The number of thiazole rings is 1. The number of hydrogen-bond donors (Lipinski definition) is 2. The van der Waals surface area contributed by atoms with Crippen molar-refractivity contribution >= 4 is 56.4 Å². The molecule has 1 aromatic heterocycles. The van der Waals surface area contributed by atoms with E-state index in [4.69, 9.17) is 5.73 Å². The van der Waals surface area contributed by atoms with Crippen LogP contribution in [-0.2, 0) is 33.9 Å². The highest BCUT2D eigenvalue weighted by Crippen LogP contribution is 2.32. The molecule has 1 unspecified atom stereocenters. The van der Waals surface area contributed by atoms with Crippen LogP contribution in [0.4, 0.5) is 14.3 Å². The largest absolute Gasteiger partial charge is 0.375 e. The molecular weight excluding hydrogens is 718 g/mol. The predicted octanol–water partition coefficient (Wildman–Crippen LogP) is 5.86. The molecule has 13 heteroatoms. The number of aromatic nitrogens is 1. The van der Waals surface area contributed by atoms with Crippen molar-refractivity contribution in [2.45, 2.75) is 45.1 Å². The molecule has 55 heavy (non-hydrogen) atoms. The number of hydrazine groups is 1. The molecule has 2 fully saturated rings. The highest BCUT2D eigenvalue weighted by molar-refractivity contribution is 7.22. The molecule has 3 aromatic carbocycles. The van der Waals surface area contributed by atoms with E-state index in [0.29, 0.717) is 22.2 Å². The van der Waals surface area contributed by atoms with Crippen molar-refractivity contribution in [3.05, 3.63) is 137 Å². The van der Waals surface area contributed by atoms with Gasteiger partial charge in [-0.2, -0.15) is 5.01 Å². The first-order chi connectivity index (χ1) is 26.6. The van der Waals surface area contributed by atoms with Crippen molar-refractivity contribution in [2.24, 2.45) is 5.92 Å². The SMILES string of the molecule is C=CCN(C(=O)NCc1ccc(F)cc1)N1CC(=O)N2[C@@H](Cc3ccc(/C=C\C(=O)C4=CC(C)CC=C4)cc3)C(=O)N(Cc3cccc4sc(N)nc34)C[C@@H]21. The number of ketones is 1. The molecule has 4 amide bonds. The number of allylic oxidation sites excluding steroid dienone is 5. The van der Waals surface area contributed by atoms with Crippen LogP contribution in [0.5, 0.6) is 0 Å². The molecule has 11 nitrogen and oxygen atoms in total. The molecule has 3 N–H and O–H groups in total. The third kappa shape index (κ3) is 8.27. The maximum Gasteiger partial charge on any atom is 0.332 e. The van der Waals surface area contributed by atoms with E-state index < -0.39 is 18.2 Å². The van der Waals surface area contributed by atoms with Crippen molar-refractivity contribution in [2.75, 3.05) is 25.4 Å². The van der Waals surface area contributed by atoms with Crippen LogP contribution in [0.2, 0.25) is 0 Å².